The van der Waals surface area contributed by atoms with Crippen molar-refractivity contribution in [3.63, 3.8) is 0 Å². The first-order valence-corrected chi connectivity index (χ1v) is 7.79. The number of aromatic nitrogens is 3. The van der Waals surface area contributed by atoms with Crippen molar-refractivity contribution < 1.29 is 4.39 Å². The van der Waals surface area contributed by atoms with Gasteiger partial charge in [0.05, 0.1) is 11.6 Å². The van der Waals surface area contributed by atoms with Crippen molar-refractivity contribution in [1.29, 1.82) is 0 Å². The normalized spacial score (nSPS) is 15.9. The SMILES string of the molecule is CCn1cnnc1CN1CC=C(c2cccc(Cl)c2F)CC1. The second kappa shape index (κ2) is 6.58. The third-order valence-corrected chi connectivity index (χ3v) is 4.28. The lowest BCUT2D eigenvalue weighted by Gasteiger charge is -2.26. The minimum atomic E-state index is -0.324. The van der Waals surface area contributed by atoms with Crippen LogP contribution in [-0.4, -0.2) is 32.8 Å². The van der Waals surface area contributed by atoms with Crippen molar-refractivity contribution in [3.8, 4) is 0 Å². The van der Waals surface area contributed by atoms with E-state index in [2.05, 4.69) is 28.1 Å². The number of hydrogen-bond donors (Lipinski definition) is 0. The van der Waals surface area contributed by atoms with Crippen molar-refractivity contribution in [2.24, 2.45) is 0 Å². The van der Waals surface area contributed by atoms with E-state index >= 15 is 0 Å². The number of rotatable bonds is 4. The van der Waals surface area contributed by atoms with Crippen molar-refractivity contribution >= 4 is 17.2 Å². The summed E-state index contributed by atoms with van der Waals surface area (Å²) in [5, 5.41) is 8.28. The van der Waals surface area contributed by atoms with Gasteiger partial charge in [0.2, 0.25) is 0 Å². The van der Waals surface area contributed by atoms with Crippen LogP contribution in [0.5, 0.6) is 0 Å². The summed E-state index contributed by atoms with van der Waals surface area (Å²) in [7, 11) is 0. The molecule has 1 aliphatic heterocycles. The molecule has 0 bridgehead atoms. The Morgan fingerprint density at radius 3 is 2.95 bits per heavy atom. The molecule has 0 saturated heterocycles. The molecule has 0 spiro atoms. The zero-order valence-electron chi connectivity index (χ0n) is 12.5. The van der Waals surface area contributed by atoms with Crippen LogP contribution in [0.2, 0.25) is 5.02 Å². The highest BCUT2D eigenvalue weighted by atomic mass is 35.5. The molecule has 0 N–H and O–H groups in total. The molecule has 0 aliphatic carbocycles. The van der Waals surface area contributed by atoms with Gasteiger partial charge in [-0.15, -0.1) is 10.2 Å². The molecular weight excluding hydrogens is 303 g/mol. The van der Waals surface area contributed by atoms with E-state index in [4.69, 9.17) is 11.6 Å². The van der Waals surface area contributed by atoms with Gasteiger partial charge < -0.3 is 4.57 Å². The topological polar surface area (TPSA) is 34.0 Å². The minimum absolute atomic E-state index is 0.178. The lowest BCUT2D eigenvalue weighted by atomic mass is 9.99. The molecule has 1 aromatic heterocycles. The van der Waals surface area contributed by atoms with Crippen LogP contribution >= 0.6 is 11.6 Å². The number of halogens is 2. The zero-order valence-corrected chi connectivity index (χ0v) is 13.2. The fraction of sp³-hybridized carbons (Fsp3) is 0.375. The first-order valence-electron chi connectivity index (χ1n) is 7.41. The van der Waals surface area contributed by atoms with Crippen molar-refractivity contribution in [3.05, 3.63) is 52.8 Å². The van der Waals surface area contributed by atoms with Gasteiger partial charge in [0.1, 0.15) is 18.0 Å². The molecule has 0 fully saturated rings. The highest BCUT2D eigenvalue weighted by Gasteiger charge is 2.18. The standard InChI is InChI=1S/C16H18ClFN4/c1-2-22-11-19-20-15(22)10-21-8-6-12(7-9-21)13-4-3-5-14(17)16(13)18/h3-6,11H,2,7-10H2,1H3. The molecule has 116 valence electrons. The fourth-order valence-corrected chi connectivity index (χ4v) is 2.89. The van der Waals surface area contributed by atoms with Crippen LogP contribution < -0.4 is 0 Å². The van der Waals surface area contributed by atoms with Gasteiger partial charge >= 0.3 is 0 Å². The Balaban J connectivity index is 1.71. The molecule has 4 nitrogen and oxygen atoms in total. The van der Waals surface area contributed by atoms with Gasteiger partial charge in [-0.1, -0.05) is 29.8 Å². The summed E-state index contributed by atoms with van der Waals surface area (Å²) < 4.78 is 16.1. The summed E-state index contributed by atoms with van der Waals surface area (Å²) in [6, 6.07) is 5.15. The molecule has 0 unspecified atom stereocenters. The average molecular weight is 321 g/mol. The molecule has 22 heavy (non-hydrogen) atoms. The fourth-order valence-electron chi connectivity index (χ4n) is 2.72. The number of aryl methyl sites for hydroxylation is 1. The molecule has 0 atom stereocenters. The summed E-state index contributed by atoms with van der Waals surface area (Å²) in [6.07, 6.45) is 4.63. The molecule has 0 amide bonds. The molecule has 6 heteroatoms. The van der Waals surface area contributed by atoms with Gasteiger partial charge in [0, 0.05) is 25.2 Å². The first kappa shape index (κ1) is 15.2. The van der Waals surface area contributed by atoms with E-state index in [1.54, 1.807) is 24.5 Å². The lowest BCUT2D eigenvalue weighted by molar-refractivity contribution is 0.281. The van der Waals surface area contributed by atoms with Crippen molar-refractivity contribution in [1.82, 2.24) is 19.7 Å². The Labute approximate surface area is 134 Å². The zero-order chi connectivity index (χ0) is 15.5. The Morgan fingerprint density at radius 1 is 1.36 bits per heavy atom. The molecular formula is C16H18ClFN4. The van der Waals surface area contributed by atoms with Crippen LogP contribution in [-0.2, 0) is 13.1 Å². The maximum atomic E-state index is 14.1. The van der Waals surface area contributed by atoms with Gasteiger partial charge in [-0.2, -0.15) is 0 Å². The highest BCUT2D eigenvalue weighted by molar-refractivity contribution is 6.30. The van der Waals surface area contributed by atoms with E-state index in [-0.39, 0.29) is 10.8 Å². The van der Waals surface area contributed by atoms with E-state index in [9.17, 15) is 4.39 Å². The largest absolute Gasteiger partial charge is 0.317 e. The van der Waals surface area contributed by atoms with Crippen LogP contribution in [0.3, 0.4) is 0 Å². The summed E-state index contributed by atoms with van der Waals surface area (Å²) in [6.45, 7) is 5.34. The van der Waals surface area contributed by atoms with Gasteiger partial charge in [-0.25, -0.2) is 4.39 Å². The quantitative estimate of drug-likeness (QED) is 0.866. The first-order chi connectivity index (χ1) is 10.7. The average Bonchev–Trinajstić information content (AvgIpc) is 2.98. The van der Waals surface area contributed by atoms with E-state index in [1.807, 2.05) is 4.57 Å². The van der Waals surface area contributed by atoms with Crippen LogP contribution in [0.15, 0.2) is 30.6 Å². The Hall–Kier alpha value is -1.72. The minimum Gasteiger partial charge on any atom is -0.317 e. The highest BCUT2D eigenvalue weighted by Crippen LogP contribution is 2.28. The second-order valence-corrected chi connectivity index (χ2v) is 5.76. The van der Waals surface area contributed by atoms with Crippen molar-refractivity contribution in [2.45, 2.75) is 26.4 Å². The molecule has 0 radical (unpaired) electrons. The van der Waals surface area contributed by atoms with E-state index < -0.39 is 0 Å². The molecule has 1 aliphatic rings. The summed E-state index contributed by atoms with van der Waals surface area (Å²) in [4.78, 5) is 2.28. The Morgan fingerprint density at radius 2 is 2.23 bits per heavy atom. The van der Waals surface area contributed by atoms with Gasteiger partial charge in [0.25, 0.3) is 0 Å². The summed E-state index contributed by atoms with van der Waals surface area (Å²) in [5.41, 5.74) is 1.64. The predicted molar refractivity (Wildman–Crippen MR) is 85.0 cm³/mol. The summed E-state index contributed by atoms with van der Waals surface area (Å²) in [5.74, 6) is 0.642. The van der Waals surface area contributed by atoms with Crippen LogP contribution in [0, 0.1) is 5.82 Å². The van der Waals surface area contributed by atoms with Gasteiger partial charge in [0.15, 0.2) is 0 Å². The third-order valence-electron chi connectivity index (χ3n) is 3.99. The smallest absolute Gasteiger partial charge is 0.149 e. The number of nitrogens with zero attached hydrogens (tertiary/aromatic N) is 4. The summed E-state index contributed by atoms with van der Waals surface area (Å²) >= 11 is 5.86. The molecule has 2 heterocycles. The number of benzene rings is 1. The maximum Gasteiger partial charge on any atom is 0.149 e. The monoisotopic (exact) mass is 320 g/mol. The van der Waals surface area contributed by atoms with Crippen LogP contribution in [0.1, 0.15) is 24.7 Å². The van der Waals surface area contributed by atoms with Gasteiger partial charge in [-0.3, -0.25) is 4.90 Å². The lowest BCUT2D eigenvalue weighted by Crippen LogP contribution is -2.29. The number of hydrogen-bond acceptors (Lipinski definition) is 3. The van der Waals surface area contributed by atoms with E-state index in [1.165, 1.54) is 0 Å². The molecule has 1 aromatic carbocycles. The molecule has 2 aromatic rings. The van der Waals surface area contributed by atoms with Crippen LogP contribution in [0.4, 0.5) is 4.39 Å². The predicted octanol–water partition coefficient (Wildman–Crippen LogP) is 3.38. The van der Waals surface area contributed by atoms with Crippen molar-refractivity contribution in [2.75, 3.05) is 13.1 Å². The Kier molecular flexibility index (Phi) is 4.55. The Bertz CT molecular complexity index is 695. The van der Waals surface area contributed by atoms with Crippen LogP contribution in [0.25, 0.3) is 5.57 Å². The van der Waals surface area contributed by atoms with E-state index in [0.29, 0.717) is 5.56 Å². The van der Waals surface area contributed by atoms with Gasteiger partial charge in [-0.05, 0) is 25.0 Å². The third kappa shape index (κ3) is 3.05. The van der Waals surface area contributed by atoms with E-state index in [0.717, 1.165) is 44.0 Å². The molecule has 3 rings (SSSR count). The second-order valence-electron chi connectivity index (χ2n) is 5.35. The molecule has 0 saturated carbocycles. The maximum absolute atomic E-state index is 14.1.